The Morgan fingerprint density at radius 2 is 2.08 bits per heavy atom. The third-order valence-electron chi connectivity index (χ3n) is 1.66. The molecule has 0 aliphatic heterocycles. The van der Waals surface area contributed by atoms with E-state index in [1.54, 1.807) is 12.1 Å². The van der Waals surface area contributed by atoms with Crippen molar-refractivity contribution in [2.24, 2.45) is 0 Å². The molecule has 0 unspecified atom stereocenters. The number of aliphatic hydroxyl groups is 1. The van der Waals surface area contributed by atoms with Crippen molar-refractivity contribution in [2.45, 2.75) is 12.5 Å². The predicted octanol–water partition coefficient (Wildman–Crippen LogP) is 1.44. The van der Waals surface area contributed by atoms with Crippen LogP contribution in [0.15, 0.2) is 28.7 Å². The molecule has 4 heteroatoms. The van der Waals surface area contributed by atoms with Crippen LogP contribution in [-0.4, -0.2) is 22.3 Å². The van der Waals surface area contributed by atoms with Gasteiger partial charge in [0.25, 0.3) is 0 Å². The summed E-state index contributed by atoms with van der Waals surface area (Å²) in [5.74, 6) is -1.20. The molecule has 0 radical (unpaired) electrons. The van der Waals surface area contributed by atoms with E-state index < -0.39 is 12.1 Å². The van der Waals surface area contributed by atoms with Gasteiger partial charge in [0.1, 0.15) is 0 Å². The van der Waals surface area contributed by atoms with Crippen molar-refractivity contribution in [2.75, 3.05) is 0 Å². The average molecular weight is 245 g/mol. The fourth-order valence-electron chi connectivity index (χ4n) is 0.960. The number of rotatable bonds is 3. The summed E-state index contributed by atoms with van der Waals surface area (Å²) in [5, 5.41) is 17.6. The molecule has 1 aromatic carbocycles. The molecule has 2 N–H and O–H groups in total. The van der Waals surface area contributed by atoms with Gasteiger partial charge in [-0.15, -0.1) is 0 Å². The lowest BCUT2D eigenvalue weighted by atomic mass is 10.1. The molecule has 0 aliphatic rings. The lowest BCUT2D eigenvalue weighted by Gasteiger charge is -2.06. The summed E-state index contributed by atoms with van der Waals surface area (Å²) < 4.78 is 0.815. The summed E-state index contributed by atoms with van der Waals surface area (Å²) >= 11 is 3.27. The minimum atomic E-state index is -1.33. The maximum absolute atomic E-state index is 10.3. The standard InChI is InChI=1S/C9H9BrO3/c10-7-4-2-1-3-6(7)5-8(11)9(12)13/h1-4,8,11H,5H2,(H,12,13)/t8-/m0/s1. The Kier molecular flexibility index (Phi) is 3.45. The summed E-state index contributed by atoms with van der Waals surface area (Å²) in [6.45, 7) is 0. The van der Waals surface area contributed by atoms with E-state index >= 15 is 0 Å². The van der Waals surface area contributed by atoms with Crippen molar-refractivity contribution in [1.29, 1.82) is 0 Å². The second-order valence-corrected chi connectivity index (χ2v) is 3.50. The van der Waals surface area contributed by atoms with Gasteiger partial charge in [-0.05, 0) is 11.6 Å². The summed E-state index contributed by atoms with van der Waals surface area (Å²) in [5.41, 5.74) is 0.789. The number of aliphatic hydroxyl groups excluding tert-OH is 1. The smallest absolute Gasteiger partial charge is 0.332 e. The third kappa shape index (κ3) is 2.82. The van der Waals surface area contributed by atoms with Crippen LogP contribution < -0.4 is 0 Å². The van der Waals surface area contributed by atoms with Crippen LogP contribution in [0.1, 0.15) is 5.56 Å². The van der Waals surface area contributed by atoms with Crippen LogP contribution >= 0.6 is 15.9 Å². The summed E-state index contributed by atoms with van der Waals surface area (Å²) in [6.07, 6.45) is -1.21. The molecule has 0 aliphatic carbocycles. The zero-order chi connectivity index (χ0) is 9.84. The zero-order valence-corrected chi connectivity index (χ0v) is 8.36. The molecule has 0 bridgehead atoms. The molecule has 1 aromatic rings. The Morgan fingerprint density at radius 1 is 1.46 bits per heavy atom. The summed E-state index contributed by atoms with van der Waals surface area (Å²) in [6, 6.07) is 7.22. The quantitative estimate of drug-likeness (QED) is 0.847. The first-order chi connectivity index (χ1) is 6.11. The lowest BCUT2D eigenvalue weighted by Crippen LogP contribution is -2.22. The van der Waals surface area contributed by atoms with E-state index in [0.717, 1.165) is 10.0 Å². The normalized spacial score (nSPS) is 12.5. The Morgan fingerprint density at radius 3 is 2.62 bits per heavy atom. The van der Waals surface area contributed by atoms with Crippen molar-refractivity contribution in [3.63, 3.8) is 0 Å². The minimum Gasteiger partial charge on any atom is -0.479 e. The van der Waals surface area contributed by atoms with Crippen LogP contribution in [0.4, 0.5) is 0 Å². The van der Waals surface area contributed by atoms with Crippen molar-refractivity contribution in [1.82, 2.24) is 0 Å². The minimum absolute atomic E-state index is 0.122. The largest absolute Gasteiger partial charge is 0.479 e. The second-order valence-electron chi connectivity index (χ2n) is 2.65. The molecule has 0 amide bonds. The van der Waals surface area contributed by atoms with Gasteiger partial charge in [-0.1, -0.05) is 34.1 Å². The first-order valence-electron chi connectivity index (χ1n) is 3.75. The maximum Gasteiger partial charge on any atom is 0.332 e. The van der Waals surface area contributed by atoms with Crippen LogP contribution in [-0.2, 0) is 11.2 Å². The molecule has 1 rings (SSSR count). The maximum atomic E-state index is 10.3. The Hall–Kier alpha value is -0.870. The second kappa shape index (κ2) is 4.39. The highest BCUT2D eigenvalue weighted by molar-refractivity contribution is 9.10. The number of hydrogen-bond acceptors (Lipinski definition) is 2. The summed E-state index contributed by atoms with van der Waals surface area (Å²) in [4.78, 5) is 10.3. The van der Waals surface area contributed by atoms with E-state index in [1.807, 2.05) is 12.1 Å². The SMILES string of the molecule is O=C(O)[C@@H](O)Cc1ccccc1Br. The number of aliphatic carboxylic acids is 1. The van der Waals surface area contributed by atoms with Gasteiger partial charge in [-0.3, -0.25) is 0 Å². The van der Waals surface area contributed by atoms with E-state index in [4.69, 9.17) is 10.2 Å². The topological polar surface area (TPSA) is 57.5 Å². The Bertz CT molecular complexity index is 311. The third-order valence-corrected chi connectivity index (χ3v) is 2.43. The first kappa shape index (κ1) is 10.2. The van der Waals surface area contributed by atoms with Crippen molar-refractivity contribution >= 4 is 21.9 Å². The molecule has 70 valence electrons. The monoisotopic (exact) mass is 244 g/mol. The van der Waals surface area contributed by atoms with Crippen LogP contribution in [0.5, 0.6) is 0 Å². The molecule has 13 heavy (non-hydrogen) atoms. The van der Waals surface area contributed by atoms with Gasteiger partial charge in [-0.2, -0.15) is 0 Å². The van der Waals surface area contributed by atoms with Gasteiger partial charge < -0.3 is 10.2 Å². The molecule has 0 saturated heterocycles. The van der Waals surface area contributed by atoms with Crippen LogP contribution in [0.2, 0.25) is 0 Å². The van der Waals surface area contributed by atoms with Gasteiger partial charge in [-0.25, -0.2) is 4.79 Å². The molecule has 0 fully saturated rings. The molecule has 0 saturated carbocycles. The lowest BCUT2D eigenvalue weighted by molar-refractivity contribution is -0.146. The number of carboxylic acids is 1. The first-order valence-corrected chi connectivity index (χ1v) is 4.55. The van der Waals surface area contributed by atoms with E-state index in [-0.39, 0.29) is 6.42 Å². The van der Waals surface area contributed by atoms with Crippen LogP contribution in [0, 0.1) is 0 Å². The molecule has 1 atom stereocenters. The van der Waals surface area contributed by atoms with Crippen molar-refractivity contribution in [3.05, 3.63) is 34.3 Å². The molecular weight excluding hydrogens is 236 g/mol. The van der Waals surface area contributed by atoms with Crippen molar-refractivity contribution < 1.29 is 15.0 Å². The van der Waals surface area contributed by atoms with Gasteiger partial charge in [0.2, 0.25) is 0 Å². The van der Waals surface area contributed by atoms with E-state index in [1.165, 1.54) is 0 Å². The zero-order valence-electron chi connectivity index (χ0n) is 6.77. The van der Waals surface area contributed by atoms with E-state index in [2.05, 4.69) is 15.9 Å². The number of carboxylic acid groups (broad SMARTS) is 1. The van der Waals surface area contributed by atoms with Gasteiger partial charge in [0.05, 0.1) is 0 Å². The van der Waals surface area contributed by atoms with Gasteiger partial charge in [0.15, 0.2) is 6.10 Å². The highest BCUT2D eigenvalue weighted by Crippen LogP contribution is 2.17. The number of halogens is 1. The number of hydrogen-bond donors (Lipinski definition) is 2. The van der Waals surface area contributed by atoms with Crippen LogP contribution in [0.3, 0.4) is 0 Å². The van der Waals surface area contributed by atoms with E-state index in [0.29, 0.717) is 0 Å². The van der Waals surface area contributed by atoms with Gasteiger partial charge in [0, 0.05) is 10.9 Å². The molecule has 3 nitrogen and oxygen atoms in total. The number of carbonyl (C=O) groups is 1. The van der Waals surface area contributed by atoms with Gasteiger partial charge >= 0.3 is 5.97 Å². The summed E-state index contributed by atoms with van der Waals surface area (Å²) in [7, 11) is 0. The molecule has 0 aromatic heterocycles. The average Bonchev–Trinajstić information content (AvgIpc) is 2.08. The molecule has 0 spiro atoms. The Balaban J connectivity index is 2.74. The van der Waals surface area contributed by atoms with E-state index in [9.17, 15) is 4.79 Å². The highest BCUT2D eigenvalue weighted by atomic mass is 79.9. The molecule has 0 heterocycles. The highest BCUT2D eigenvalue weighted by Gasteiger charge is 2.14. The fraction of sp³-hybridized carbons (Fsp3) is 0.222. The number of benzene rings is 1. The molecular formula is C9H9BrO3. The predicted molar refractivity (Wildman–Crippen MR) is 51.5 cm³/mol. The Labute approximate surface area is 84.1 Å². The fourth-order valence-corrected chi connectivity index (χ4v) is 1.41. The van der Waals surface area contributed by atoms with Crippen molar-refractivity contribution in [3.8, 4) is 0 Å². The van der Waals surface area contributed by atoms with Crippen LogP contribution in [0.25, 0.3) is 0 Å².